The first kappa shape index (κ1) is 26.1. The lowest BCUT2D eigenvalue weighted by Gasteiger charge is -2.10. The smallest absolute Gasteiger partial charge is 0.282 e. The maximum atomic E-state index is 13.6. The van der Waals surface area contributed by atoms with Crippen LogP contribution in [-0.4, -0.2) is 28.4 Å². The number of furan rings is 1. The van der Waals surface area contributed by atoms with E-state index < -0.39 is 11.7 Å². The van der Waals surface area contributed by atoms with Crippen LogP contribution in [0.5, 0.6) is 5.75 Å². The lowest BCUT2D eigenvalue weighted by Crippen LogP contribution is -2.21. The number of fused-ring (bicyclic) bond motifs is 2. The molecule has 6 rings (SSSR count). The van der Waals surface area contributed by atoms with Gasteiger partial charge in [0, 0.05) is 21.1 Å². The Balaban J connectivity index is 1.33. The van der Waals surface area contributed by atoms with Crippen molar-refractivity contribution in [3.63, 3.8) is 0 Å². The van der Waals surface area contributed by atoms with Gasteiger partial charge in [-0.2, -0.15) is 9.78 Å². The Bertz CT molecular complexity index is 2020. The van der Waals surface area contributed by atoms with Gasteiger partial charge in [0.15, 0.2) is 12.4 Å². The van der Waals surface area contributed by atoms with Gasteiger partial charge in [-0.1, -0.05) is 46.3 Å². The molecule has 4 aromatic carbocycles. The molecular weight excluding hydrogens is 591 g/mol. The average molecular weight is 611 g/mol. The van der Waals surface area contributed by atoms with E-state index in [1.165, 1.54) is 29.1 Å². The molecule has 1 N–H and O–H groups in total. The van der Waals surface area contributed by atoms with Gasteiger partial charge < -0.3 is 14.5 Å². The third kappa shape index (κ3) is 5.64. The van der Waals surface area contributed by atoms with Gasteiger partial charge in [0.2, 0.25) is 5.82 Å². The third-order valence-corrected chi connectivity index (χ3v) is 6.64. The Hall–Kier alpha value is -5.09. The van der Waals surface area contributed by atoms with Crippen LogP contribution in [0.1, 0.15) is 5.56 Å². The number of aromatic nitrogens is 2. The number of nitrogens with one attached hydrogen (secondary N) is 1. The minimum atomic E-state index is -0.462. The maximum absolute atomic E-state index is 13.6. The van der Waals surface area contributed by atoms with Crippen LogP contribution in [0.4, 0.5) is 10.1 Å². The second-order valence-corrected chi connectivity index (χ2v) is 9.91. The Morgan fingerprint density at radius 2 is 1.85 bits per heavy atom. The normalized spacial score (nSPS) is 11.4. The zero-order valence-electron chi connectivity index (χ0n) is 21.3. The largest absolute Gasteiger partial charge is 0.483 e. The molecule has 6 aromatic rings. The lowest BCUT2D eigenvalue weighted by molar-refractivity contribution is -0.118. The number of amides is 1. The zero-order chi connectivity index (χ0) is 28.3. The van der Waals surface area contributed by atoms with E-state index in [2.05, 4.69) is 26.3 Å². The van der Waals surface area contributed by atoms with Crippen LogP contribution in [0.15, 0.2) is 116 Å². The highest BCUT2D eigenvalue weighted by atomic mass is 79.9. The molecule has 0 fully saturated rings. The predicted molar refractivity (Wildman–Crippen MR) is 159 cm³/mol. The van der Waals surface area contributed by atoms with Gasteiger partial charge in [-0.25, -0.2) is 9.37 Å². The number of anilines is 1. The van der Waals surface area contributed by atoms with Crippen LogP contribution in [-0.2, 0) is 4.79 Å². The van der Waals surface area contributed by atoms with E-state index >= 15 is 0 Å². The highest BCUT2D eigenvalue weighted by Crippen LogP contribution is 2.29. The highest BCUT2D eigenvalue weighted by molar-refractivity contribution is 9.10. The van der Waals surface area contributed by atoms with E-state index in [9.17, 15) is 14.0 Å². The number of benzene rings is 4. The first-order valence-corrected chi connectivity index (χ1v) is 13.3. The van der Waals surface area contributed by atoms with Crippen LogP contribution < -0.4 is 15.6 Å². The van der Waals surface area contributed by atoms with Gasteiger partial charge in [0.1, 0.15) is 17.1 Å². The molecule has 10 heteroatoms. The average Bonchev–Trinajstić information content (AvgIpc) is 3.39. The van der Waals surface area contributed by atoms with Crippen LogP contribution >= 0.6 is 15.9 Å². The Labute approximate surface area is 240 Å². The molecule has 0 radical (unpaired) electrons. The van der Waals surface area contributed by atoms with Crippen molar-refractivity contribution < 1.29 is 18.3 Å². The first-order chi connectivity index (χ1) is 19.9. The van der Waals surface area contributed by atoms with Gasteiger partial charge in [-0.15, -0.1) is 0 Å². The molecule has 0 spiro atoms. The number of carbonyl (C=O) groups excluding carboxylic acids is 1. The number of hydrogen-bond acceptors (Lipinski definition) is 6. The van der Waals surface area contributed by atoms with Crippen LogP contribution in [0.2, 0.25) is 0 Å². The minimum Gasteiger partial charge on any atom is -0.483 e. The summed E-state index contributed by atoms with van der Waals surface area (Å²) < 4.78 is 27.3. The molecule has 0 unspecified atom stereocenters. The number of nitrogens with zero attached hydrogens (tertiary/aromatic N) is 3. The topological polar surface area (TPSA) is 98.7 Å². The number of rotatable bonds is 7. The van der Waals surface area contributed by atoms with Crippen molar-refractivity contribution in [2.45, 2.75) is 0 Å². The Morgan fingerprint density at radius 1 is 1.02 bits per heavy atom. The maximum Gasteiger partial charge on any atom is 0.282 e. The van der Waals surface area contributed by atoms with Crippen molar-refractivity contribution in [2.24, 2.45) is 5.10 Å². The summed E-state index contributed by atoms with van der Waals surface area (Å²) in [5.74, 6) is 0.0408. The standard InChI is InChI=1S/C31H20BrFN4O4/c32-21-12-13-27-20(14-21)15-28(41-27)30-36-25-10-3-2-9-24(25)31(39)37(30)34-17-19-6-1-4-11-26(19)40-18-29(38)35-23-8-5-7-22(33)16-23/h1-17H,18H2,(H,35,38). The number of ether oxygens (including phenoxy) is 1. The molecule has 8 nitrogen and oxygen atoms in total. The van der Waals surface area contributed by atoms with Crippen molar-refractivity contribution in [1.29, 1.82) is 0 Å². The molecular formula is C31H20BrFN4O4. The molecule has 0 aliphatic carbocycles. The lowest BCUT2D eigenvalue weighted by atomic mass is 10.2. The molecule has 0 atom stereocenters. The monoisotopic (exact) mass is 610 g/mol. The molecule has 0 bridgehead atoms. The zero-order valence-corrected chi connectivity index (χ0v) is 22.8. The molecule has 2 aromatic heterocycles. The van der Waals surface area contributed by atoms with Crippen molar-refractivity contribution in [2.75, 3.05) is 11.9 Å². The summed E-state index contributed by atoms with van der Waals surface area (Å²) >= 11 is 3.47. The summed E-state index contributed by atoms with van der Waals surface area (Å²) in [7, 11) is 0. The van der Waals surface area contributed by atoms with Crippen LogP contribution in [0, 0.1) is 5.82 Å². The van der Waals surface area contributed by atoms with Gasteiger partial charge in [0.25, 0.3) is 11.5 Å². The molecule has 0 aliphatic heterocycles. The van der Waals surface area contributed by atoms with Gasteiger partial charge in [-0.3, -0.25) is 9.59 Å². The highest BCUT2D eigenvalue weighted by Gasteiger charge is 2.17. The molecule has 0 aliphatic rings. The van der Waals surface area contributed by atoms with E-state index in [0.29, 0.717) is 39.2 Å². The molecule has 0 saturated heterocycles. The summed E-state index contributed by atoms with van der Waals surface area (Å²) in [6.45, 7) is -0.321. The summed E-state index contributed by atoms with van der Waals surface area (Å²) in [6.07, 6.45) is 1.46. The molecule has 41 heavy (non-hydrogen) atoms. The number of hydrogen-bond donors (Lipinski definition) is 1. The van der Waals surface area contributed by atoms with Crippen molar-refractivity contribution in [1.82, 2.24) is 9.66 Å². The fourth-order valence-electron chi connectivity index (χ4n) is 4.26. The molecule has 1 amide bonds. The quantitative estimate of drug-likeness (QED) is 0.205. The minimum absolute atomic E-state index is 0.227. The summed E-state index contributed by atoms with van der Waals surface area (Å²) in [5.41, 5.74) is 1.61. The molecule has 2 heterocycles. The van der Waals surface area contributed by atoms with Crippen LogP contribution in [0.25, 0.3) is 33.5 Å². The van der Waals surface area contributed by atoms with Crippen molar-refractivity contribution in [3.8, 4) is 17.3 Å². The molecule has 0 saturated carbocycles. The summed E-state index contributed by atoms with van der Waals surface area (Å²) in [6, 6.07) is 26.9. The van der Waals surface area contributed by atoms with E-state index in [0.717, 1.165) is 9.86 Å². The van der Waals surface area contributed by atoms with Gasteiger partial charge >= 0.3 is 0 Å². The van der Waals surface area contributed by atoms with Crippen LogP contribution in [0.3, 0.4) is 0 Å². The SMILES string of the molecule is O=C(COc1ccccc1C=Nn1c(-c2cc3cc(Br)ccc3o2)nc2ccccc2c1=O)Nc1cccc(F)c1. The number of carbonyl (C=O) groups is 1. The first-order valence-electron chi connectivity index (χ1n) is 12.5. The van der Waals surface area contributed by atoms with E-state index in [-0.39, 0.29) is 18.0 Å². The van der Waals surface area contributed by atoms with Gasteiger partial charge in [-0.05, 0) is 66.7 Å². The summed E-state index contributed by atoms with van der Waals surface area (Å²) in [5, 5.41) is 8.30. The Morgan fingerprint density at radius 3 is 2.73 bits per heavy atom. The number of para-hydroxylation sites is 2. The third-order valence-electron chi connectivity index (χ3n) is 6.15. The fraction of sp³-hybridized carbons (Fsp3) is 0.0323. The van der Waals surface area contributed by atoms with Gasteiger partial charge in [0.05, 0.1) is 17.1 Å². The Kier molecular flexibility index (Phi) is 7.13. The van der Waals surface area contributed by atoms with Crippen molar-refractivity contribution in [3.05, 3.63) is 123 Å². The second kappa shape index (κ2) is 11.2. The fourth-order valence-corrected chi connectivity index (χ4v) is 4.64. The summed E-state index contributed by atoms with van der Waals surface area (Å²) in [4.78, 5) is 30.7. The van der Waals surface area contributed by atoms with E-state index in [4.69, 9.17) is 14.1 Å². The predicted octanol–water partition coefficient (Wildman–Crippen LogP) is 6.61. The number of halogens is 2. The van der Waals surface area contributed by atoms with Crippen molar-refractivity contribution >= 4 is 55.6 Å². The van der Waals surface area contributed by atoms with E-state index in [1.807, 2.05) is 18.2 Å². The van der Waals surface area contributed by atoms with E-state index in [1.54, 1.807) is 60.7 Å². The second-order valence-electron chi connectivity index (χ2n) is 8.99. The molecule has 202 valence electrons.